The Morgan fingerprint density at radius 2 is 2.30 bits per heavy atom. The van der Waals surface area contributed by atoms with Crippen molar-refractivity contribution in [1.29, 1.82) is 5.26 Å². The number of ketones is 1. The van der Waals surface area contributed by atoms with Gasteiger partial charge in [-0.1, -0.05) is 6.92 Å². The van der Waals surface area contributed by atoms with E-state index in [4.69, 9.17) is 5.26 Å². The number of carbonyl (C=O) groups is 2. The lowest BCUT2D eigenvalue weighted by atomic mass is 9.91. The highest BCUT2D eigenvalue weighted by atomic mass is 19.1. The lowest BCUT2D eigenvalue weighted by molar-refractivity contribution is -0.133. The van der Waals surface area contributed by atoms with E-state index in [0.29, 0.717) is 31.5 Å². The SMILES string of the molecule is CCC(=O)C1CCCN(c2ccc(C#N)c(F)c2)C1=O. The third kappa shape index (κ3) is 2.55. The Morgan fingerprint density at radius 1 is 1.55 bits per heavy atom. The normalized spacial score (nSPS) is 18.8. The van der Waals surface area contributed by atoms with Crippen LogP contribution in [-0.2, 0) is 9.59 Å². The summed E-state index contributed by atoms with van der Waals surface area (Å²) in [6.07, 6.45) is 1.59. The molecular weight excluding hydrogens is 259 g/mol. The summed E-state index contributed by atoms with van der Waals surface area (Å²) in [7, 11) is 0. The Hall–Kier alpha value is -2.22. The number of hydrogen-bond acceptors (Lipinski definition) is 3. The number of amides is 1. The van der Waals surface area contributed by atoms with Gasteiger partial charge < -0.3 is 4.90 Å². The molecule has 1 unspecified atom stereocenters. The Kier molecular flexibility index (Phi) is 4.14. The van der Waals surface area contributed by atoms with E-state index in [0.717, 1.165) is 0 Å². The monoisotopic (exact) mass is 274 g/mol. The Balaban J connectivity index is 2.28. The molecule has 1 aliphatic rings. The molecule has 0 aliphatic carbocycles. The van der Waals surface area contributed by atoms with Crippen molar-refractivity contribution >= 4 is 17.4 Å². The second-order valence-corrected chi connectivity index (χ2v) is 4.78. The number of nitrogens with zero attached hydrogens (tertiary/aromatic N) is 2. The van der Waals surface area contributed by atoms with Crippen LogP contribution in [0.1, 0.15) is 31.7 Å². The van der Waals surface area contributed by atoms with Gasteiger partial charge in [0.05, 0.1) is 11.5 Å². The van der Waals surface area contributed by atoms with Crippen LogP contribution in [0.5, 0.6) is 0 Å². The maximum Gasteiger partial charge on any atom is 0.237 e. The molecule has 1 aromatic carbocycles. The molecule has 0 aromatic heterocycles. The summed E-state index contributed by atoms with van der Waals surface area (Å²) in [6, 6.07) is 5.81. The first kappa shape index (κ1) is 14.2. The molecule has 1 saturated heterocycles. The van der Waals surface area contributed by atoms with E-state index in [1.807, 2.05) is 0 Å². The molecule has 1 aliphatic heterocycles. The summed E-state index contributed by atoms with van der Waals surface area (Å²) in [5.41, 5.74) is 0.347. The average Bonchev–Trinajstić information content (AvgIpc) is 2.46. The quantitative estimate of drug-likeness (QED) is 0.795. The minimum Gasteiger partial charge on any atom is -0.312 e. The van der Waals surface area contributed by atoms with Gasteiger partial charge in [-0.05, 0) is 31.0 Å². The highest BCUT2D eigenvalue weighted by Gasteiger charge is 2.33. The van der Waals surface area contributed by atoms with Crippen molar-refractivity contribution in [3.63, 3.8) is 0 Å². The van der Waals surface area contributed by atoms with Gasteiger partial charge in [0.25, 0.3) is 0 Å². The predicted octanol–water partition coefficient (Wildman–Crippen LogP) is 2.42. The molecule has 1 amide bonds. The van der Waals surface area contributed by atoms with E-state index < -0.39 is 11.7 Å². The molecule has 1 aromatic rings. The number of halogens is 1. The summed E-state index contributed by atoms with van der Waals surface area (Å²) in [5.74, 6) is -1.62. The second kappa shape index (κ2) is 5.83. The molecule has 0 N–H and O–H groups in total. The van der Waals surface area contributed by atoms with Crippen molar-refractivity contribution in [2.24, 2.45) is 5.92 Å². The highest BCUT2D eigenvalue weighted by molar-refractivity contribution is 6.08. The summed E-state index contributed by atoms with van der Waals surface area (Å²) in [6.45, 7) is 2.20. The topological polar surface area (TPSA) is 61.2 Å². The summed E-state index contributed by atoms with van der Waals surface area (Å²) in [5, 5.41) is 8.70. The van der Waals surface area contributed by atoms with Gasteiger partial charge in [-0.25, -0.2) is 4.39 Å². The van der Waals surface area contributed by atoms with E-state index >= 15 is 0 Å². The largest absolute Gasteiger partial charge is 0.312 e. The van der Waals surface area contributed by atoms with Crippen LogP contribution in [0.2, 0.25) is 0 Å². The lowest BCUT2D eigenvalue weighted by Crippen LogP contribution is -2.44. The molecule has 20 heavy (non-hydrogen) atoms. The van der Waals surface area contributed by atoms with Crippen LogP contribution in [-0.4, -0.2) is 18.2 Å². The molecule has 0 spiro atoms. The fraction of sp³-hybridized carbons (Fsp3) is 0.400. The van der Waals surface area contributed by atoms with Gasteiger partial charge in [0.15, 0.2) is 0 Å². The van der Waals surface area contributed by atoms with Crippen molar-refractivity contribution < 1.29 is 14.0 Å². The highest BCUT2D eigenvalue weighted by Crippen LogP contribution is 2.27. The van der Waals surface area contributed by atoms with Crippen molar-refractivity contribution in [3.05, 3.63) is 29.6 Å². The molecule has 1 heterocycles. The predicted molar refractivity (Wildman–Crippen MR) is 71.5 cm³/mol. The van der Waals surface area contributed by atoms with Gasteiger partial charge in [-0.15, -0.1) is 0 Å². The minimum atomic E-state index is -0.651. The van der Waals surface area contributed by atoms with Crippen LogP contribution in [0, 0.1) is 23.1 Å². The van der Waals surface area contributed by atoms with Crippen LogP contribution in [0.15, 0.2) is 18.2 Å². The van der Waals surface area contributed by atoms with Crippen LogP contribution in [0.25, 0.3) is 0 Å². The number of Topliss-reactive ketones (excluding diaryl/α,β-unsaturated/α-hetero) is 1. The van der Waals surface area contributed by atoms with E-state index in [1.54, 1.807) is 19.1 Å². The molecule has 0 saturated carbocycles. The van der Waals surface area contributed by atoms with Crippen molar-refractivity contribution in [3.8, 4) is 6.07 Å². The first-order valence-electron chi connectivity index (χ1n) is 6.62. The minimum absolute atomic E-state index is 0.0561. The summed E-state index contributed by atoms with van der Waals surface area (Å²) in [4.78, 5) is 25.5. The average molecular weight is 274 g/mol. The number of rotatable bonds is 3. The number of piperidine rings is 1. The number of carbonyl (C=O) groups excluding carboxylic acids is 2. The maximum absolute atomic E-state index is 13.6. The second-order valence-electron chi connectivity index (χ2n) is 4.78. The Morgan fingerprint density at radius 3 is 2.90 bits per heavy atom. The summed E-state index contributed by atoms with van der Waals surface area (Å²) >= 11 is 0. The van der Waals surface area contributed by atoms with Gasteiger partial charge in [-0.2, -0.15) is 5.26 Å². The van der Waals surface area contributed by atoms with E-state index in [2.05, 4.69) is 0 Å². The van der Waals surface area contributed by atoms with E-state index in [9.17, 15) is 14.0 Å². The van der Waals surface area contributed by atoms with Crippen LogP contribution in [0.3, 0.4) is 0 Å². The van der Waals surface area contributed by atoms with Gasteiger partial charge in [0, 0.05) is 18.7 Å². The fourth-order valence-corrected chi connectivity index (χ4v) is 2.44. The fourth-order valence-electron chi connectivity index (χ4n) is 2.44. The molecule has 4 nitrogen and oxygen atoms in total. The van der Waals surface area contributed by atoms with Gasteiger partial charge >= 0.3 is 0 Å². The number of benzene rings is 1. The molecule has 2 rings (SSSR count). The van der Waals surface area contributed by atoms with E-state index in [-0.39, 0.29) is 17.3 Å². The molecule has 5 heteroatoms. The van der Waals surface area contributed by atoms with Crippen LogP contribution >= 0.6 is 0 Å². The molecule has 104 valence electrons. The lowest BCUT2D eigenvalue weighted by Gasteiger charge is -2.31. The van der Waals surface area contributed by atoms with E-state index in [1.165, 1.54) is 17.0 Å². The van der Waals surface area contributed by atoms with Crippen molar-refractivity contribution in [1.82, 2.24) is 0 Å². The molecule has 0 bridgehead atoms. The Labute approximate surface area is 116 Å². The third-order valence-electron chi connectivity index (χ3n) is 3.56. The molecule has 1 atom stereocenters. The molecule has 1 fully saturated rings. The zero-order valence-corrected chi connectivity index (χ0v) is 11.2. The smallest absolute Gasteiger partial charge is 0.237 e. The first-order chi connectivity index (χ1) is 9.58. The van der Waals surface area contributed by atoms with Crippen LogP contribution in [0.4, 0.5) is 10.1 Å². The van der Waals surface area contributed by atoms with Gasteiger partial charge in [0.1, 0.15) is 17.7 Å². The first-order valence-corrected chi connectivity index (χ1v) is 6.62. The zero-order valence-electron chi connectivity index (χ0n) is 11.2. The van der Waals surface area contributed by atoms with Gasteiger partial charge in [-0.3, -0.25) is 9.59 Å². The Bertz CT molecular complexity index is 592. The summed E-state index contributed by atoms with van der Waals surface area (Å²) < 4.78 is 13.6. The molecular formula is C15H15FN2O2. The number of hydrogen-bond donors (Lipinski definition) is 0. The van der Waals surface area contributed by atoms with Gasteiger partial charge in [0.2, 0.25) is 5.91 Å². The third-order valence-corrected chi connectivity index (χ3v) is 3.56. The zero-order chi connectivity index (χ0) is 14.7. The van der Waals surface area contributed by atoms with Crippen molar-refractivity contribution in [2.45, 2.75) is 26.2 Å². The number of anilines is 1. The molecule has 0 radical (unpaired) electrons. The number of nitriles is 1. The van der Waals surface area contributed by atoms with Crippen molar-refractivity contribution in [2.75, 3.05) is 11.4 Å². The van der Waals surface area contributed by atoms with Crippen LogP contribution < -0.4 is 4.90 Å². The standard InChI is InChI=1S/C15H15FN2O2/c1-2-14(19)12-4-3-7-18(15(12)20)11-6-5-10(9-17)13(16)8-11/h5-6,8,12H,2-4,7H2,1H3. The maximum atomic E-state index is 13.6.